The fourth-order valence-electron chi connectivity index (χ4n) is 2.18. The van der Waals surface area contributed by atoms with Crippen LogP contribution in [0.4, 0.5) is 0 Å². The summed E-state index contributed by atoms with van der Waals surface area (Å²) in [6.07, 6.45) is 5.94. The van der Waals surface area contributed by atoms with Gasteiger partial charge in [-0.3, -0.25) is 4.90 Å². The Morgan fingerprint density at radius 2 is 2.46 bits per heavy atom. The van der Waals surface area contributed by atoms with Crippen molar-refractivity contribution in [2.45, 2.75) is 19.4 Å². The number of nitrogens with one attached hydrogen (secondary N) is 1. The molecule has 2 aliphatic rings. The molecule has 2 rings (SSSR count). The summed E-state index contributed by atoms with van der Waals surface area (Å²) in [5.74, 6) is 0. The molecule has 0 aromatic rings. The van der Waals surface area contributed by atoms with Gasteiger partial charge in [-0.1, -0.05) is 23.3 Å². The van der Waals surface area contributed by atoms with E-state index in [2.05, 4.69) is 36.3 Å². The maximum absolute atomic E-state index is 3.34. The van der Waals surface area contributed by atoms with E-state index in [1.807, 2.05) is 0 Å². The predicted octanol–water partition coefficient (Wildman–Crippen LogP) is 1.17. The molecule has 0 saturated carbocycles. The van der Waals surface area contributed by atoms with E-state index < -0.39 is 0 Å². The highest BCUT2D eigenvalue weighted by Gasteiger charge is 2.20. The van der Waals surface area contributed by atoms with Crippen molar-refractivity contribution >= 4 is 0 Å². The molecule has 2 aliphatic heterocycles. The number of hydrogen-bond acceptors (Lipinski definition) is 2. The van der Waals surface area contributed by atoms with Crippen LogP contribution in [-0.2, 0) is 0 Å². The third-order valence-electron chi connectivity index (χ3n) is 2.90. The van der Waals surface area contributed by atoms with Gasteiger partial charge in [0.15, 0.2) is 0 Å². The zero-order valence-corrected chi connectivity index (χ0v) is 8.51. The molecule has 0 aromatic carbocycles. The SMILES string of the molecule is CC1=CC(CC2=CCNC2)N(C)C1. The lowest BCUT2D eigenvalue weighted by Gasteiger charge is -2.19. The van der Waals surface area contributed by atoms with Crippen LogP contribution in [0.5, 0.6) is 0 Å². The minimum absolute atomic E-state index is 0.645. The van der Waals surface area contributed by atoms with Crippen molar-refractivity contribution in [1.29, 1.82) is 0 Å². The molecule has 0 spiro atoms. The average Bonchev–Trinajstić information content (AvgIpc) is 2.63. The van der Waals surface area contributed by atoms with Crippen molar-refractivity contribution in [2.24, 2.45) is 0 Å². The van der Waals surface area contributed by atoms with Gasteiger partial charge in [-0.15, -0.1) is 0 Å². The molecular weight excluding hydrogens is 160 g/mol. The van der Waals surface area contributed by atoms with Gasteiger partial charge in [0.1, 0.15) is 0 Å². The molecule has 0 radical (unpaired) electrons. The van der Waals surface area contributed by atoms with E-state index in [1.54, 1.807) is 5.57 Å². The van der Waals surface area contributed by atoms with Gasteiger partial charge in [-0.05, 0) is 20.4 Å². The van der Waals surface area contributed by atoms with Crippen molar-refractivity contribution < 1.29 is 0 Å². The molecule has 0 saturated heterocycles. The Hall–Kier alpha value is -0.600. The largest absolute Gasteiger partial charge is 0.310 e. The zero-order chi connectivity index (χ0) is 9.26. The molecule has 0 aliphatic carbocycles. The van der Waals surface area contributed by atoms with Crippen molar-refractivity contribution in [1.82, 2.24) is 10.2 Å². The molecule has 1 N–H and O–H groups in total. The molecule has 1 atom stereocenters. The van der Waals surface area contributed by atoms with Crippen LogP contribution in [0.3, 0.4) is 0 Å². The fourth-order valence-corrected chi connectivity index (χ4v) is 2.18. The second kappa shape index (κ2) is 3.64. The van der Waals surface area contributed by atoms with Crippen molar-refractivity contribution in [3.05, 3.63) is 23.3 Å². The Bertz CT molecular complexity index is 253. The van der Waals surface area contributed by atoms with E-state index in [0.29, 0.717) is 6.04 Å². The first kappa shape index (κ1) is 8.97. The van der Waals surface area contributed by atoms with Crippen molar-refractivity contribution in [2.75, 3.05) is 26.7 Å². The second-order valence-corrected chi connectivity index (χ2v) is 4.19. The first-order valence-electron chi connectivity index (χ1n) is 5.02. The van der Waals surface area contributed by atoms with Gasteiger partial charge in [0, 0.05) is 25.7 Å². The van der Waals surface area contributed by atoms with Crippen LogP contribution in [0, 0.1) is 0 Å². The van der Waals surface area contributed by atoms with E-state index >= 15 is 0 Å². The molecule has 72 valence electrons. The minimum atomic E-state index is 0.645. The summed E-state index contributed by atoms with van der Waals surface area (Å²) in [6, 6.07) is 0.645. The quantitative estimate of drug-likeness (QED) is 0.638. The van der Waals surface area contributed by atoms with Gasteiger partial charge < -0.3 is 5.32 Å². The predicted molar refractivity (Wildman–Crippen MR) is 55.7 cm³/mol. The third kappa shape index (κ3) is 2.01. The van der Waals surface area contributed by atoms with E-state index in [4.69, 9.17) is 0 Å². The normalized spacial score (nSPS) is 29.2. The van der Waals surface area contributed by atoms with E-state index in [9.17, 15) is 0 Å². The molecular formula is C11H18N2. The van der Waals surface area contributed by atoms with Crippen LogP contribution < -0.4 is 5.32 Å². The Labute approximate surface area is 80.3 Å². The highest BCUT2D eigenvalue weighted by molar-refractivity contribution is 5.20. The molecule has 0 fully saturated rings. The highest BCUT2D eigenvalue weighted by Crippen LogP contribution is 2.20. The lowest BCUT2D eigenvalue weighted by Crippen LogP contribution is -2.26. The number of hydrogen-bond donors (Lipinski definition) is 1. The summed E-state index contributed by atoms with van der Waals surface area (Å²) in [5, 5.41) is 3.34. The van der Waals surface area contributed by atoms with Gasteiger partial charge in [0.25, 0.3) is 0 Å². The lowest BCUT2D eigenvalue weighted by molar-refractivity contribution is 0.328. The van der Waals surface area contributed by atoms with Gasteiger partial charge in [-0.2, -0.15) is 0 Å². The molecule has 2 heteroatoms. The Morgan fingerprint density at radius 1 is 1.62 bits per heavy atom. The van der Waals surface area contributed by atoms with Gasteiger partial charge in [0.2, 0.25) is 0 Å². The van der Waals surface area contributed by atoms with Crippen molar-refractivity contribution in [3.8, 4) is 0 Å². The molecule has 2 nitrogen and oxygen atoms in total. The second-order valence-electron chi connectivity index (χ2n) is 4.19. The van der Waals surface area contributed by atoms with Gasteiger partial charge >= 0.3 is 0 Å². The summed E-state index contributed by atoms with van der Waals surface area (Å²) in [6.45, 7) is 5.52. The topological polar surface area (TPSA) is 15.3 Å². The zero-order valence-electron chi connectivity index (χ0n) is 8.51. The lowest BCUT2D eigenvalue weighted by atomic mass is 10.1. The smallest absolute Gasteiger partial charge is 0.0319 e. The van der Waals surface area contributed by atoms with Crippen molar-refractivity contribution in [3.63, 3.8) is 0 Å². The van der Waals surface area contributed by atoms with E-state index in [0.717, 1.165) is 19.6 Å². The average molecular weight is 178 g/mol. The van der Waals surface area contributed by atoms with Crippen LogP contribution in [0.1, 0.15) is 13.3 Å². The highest BCUT2D eigenvalue weighted by atomic mass is 15.1. The molecule has 0 bridgehead atoms. The first-order valence-corrected chi connectivity index (χ1v) is 5.02. The maximum atomic E-state index is 3.34. The maximum Gasteiger partial charge on any atom is 0.0319 e. The standard InChI is InChI=1S/C11H18N2/c1-9-5-11(13(2)8-9)6-10-3-4-12-7-10/h3,5,11-12H,4,6-8H2,1-2H3. The molecule has 0 amide bonds. The Morgan fingerprint density at radius 3 is 3.00 bits per heavy atom. The number of nitrogens with zero attached hydrogens (tertiary/aromatic N) is 1. The van der Waals surface area contributed by atoms with Gasteiger partial charge in [0.05, 0.1) is 0 Å². The van der Waals surface area contributed by atoms with Crippen LogP contribution in [-0.4, -0.2) is 37.6 Å². The van der Waals surface area contributed by atoms with E-state index in [1.165, 1.54) is 12.0 Å². The van der Waals surface area contributed by atoms with Gasteiger partial charge in [-0.25, -0.2) is 0 Å². The monoisotopic (exact) mass is 178 g/mol. The molecule has 0 aromatic heterocycles. The summed E-state index contributed by atoms with van der Waals surface area (Å²) in [7, 11) is 2.21. The summed E-state index contributed by atoms with van der Waals surface area (Å²) in [4.78, 5) is 2.43. The van der Waals surface area contributed by atoms with Crippen LogP contribution in [0.25, 0.3) is 0 Å². The Kier molecular flexibility index (Phi) is 2.51. The first-order chi connectivity index (χ1) is 6.25. The number of rotatable bonds is 2. The summed E-state index contributed by atoms with van der Waals surface area (Å²) < 4.78 is 0. The van der Waals surface area contributed by atoms with Crippen LogP contribution >= 0.6 is 0 Å². The summed E-state index contributed by atoms with van der Waals surface area (Å²) >= 11 is 0. The summed E-state index contributed by atoms with van der Waals surface area (Å²) in [5.41, 5.74) is 3.09. The van der Waals surface area contributed by atoms with Crippen LogP contribution in [0.2, 0.25) is 0 Å². The molecule has 1 unspecified atom stereocenters. The minimum Gasteiger partial charge on any atom is -0.310 e. The molecule has 13 heavy (non-hydrogen) atoms. The fraction of sp³-hybridized carbons (Fsp3) is 0.636. The third-order valence-corrected chi connectivity index (χ3v) is 2.90. The van der Waals surface area contributed by atoms with E-state index in [-0.39, 0.29) is 0 Å². The van der Waals surface area contributed by atoms with Crippen LogP contribution in [0.15, 0.2) is 23.3 Å². The Balaban J connectivity index is 1.94. The number of likely N-dealkylation sites (N-methyl/N-ethyl adjacent to an activating group) is 1. The molecule has 2 heterocycles.